The van der Waals surface area contributed by atoms with Crippen molar-refractivity contribution in [2.75, 3.05) is 53.7 Å². The summed E-state index contributed by atoms with van der Waals surface area (Å²) in [4.78, 5) is 12.9. The summed E-state index contributed by atoms with van der Waals surface area (Å²) in [6, 6.07) is 5.01. The molecule has 1 aromatic carbocycles. The Morgan fingerprint density at radius 1 is 1.09 bits per heavy atom. The lowest BCUT2D eigenvalue weighted by Crippen LogP contribution is -2.46. The van der Waals surface area contributed by atoms with Gasteiger partial charge in [0.2, 0.25) is 5.75 Å². The summed E-state index contributed by atoms with van der Waals surface area (Å²) in [6.45, 7) is 3.32. The van der Waals surface area contributed by atoms with Gasteiger partial charge in [-0.2, -0.15) is 17.4 Å². The van der Waals surface area contributed by atoms with E-state index in [2.05, 4.69) is 4.72 Å². The van der Waals surface area contributed by atoms with Crippen LogP contribution in [0.1, 0.15) is 32.6 Å². The molecule has 10 nitrogen and oxygen atoms in total. The van der Waals surface area contributed by atoms with Crippen molar-refractivity contribution in [1.29, 1.82) is 0 Å². The molecule has 1 amide bonds. The van der Waals surface area contributed by atoms with Gasteiger partial charge in [0, 0.05) is 33.9 Å². The van der Waals surface area contributed by atoms with E-state index in [0.29, 0.717) is 48.6 Å². The molecule has 1 aliphatic rings. The van der Waals surface area contributed by atoms with Gasteiger partial charge in [-0.25, -0.2) is 4.79 Å². The smallest absolute Gasteiger partial charge is 0.430 e. The number of amides is 1. The fraction of sp³-hybridized carbons (Fsp3) is 0.667. The molecule has 1 N–H and O–H groups in total. The Bertz CT molecular complexity index is 814. The van der Waals surface area contributed by atoms with Crippen molar-refractivity contribution in [3.63, 3.8) is 0 Å². The number of rotatable bonds is 16. The van der Waals surface area contributed by atoms with E-state index in [1.807, 2.05) is 0 Å². The molecular formula is C21H34N2O8S. The minimum absolute atomic E-state index is 0.0383. The van der Waals surface area contributed by atoms with Gasteiger partial charge >= 0.3 is 16.3 Å². The van der Waals surface area contributed by atoms with Crippen LogP contribution in [-0.4, -0.2) is 72.6 Å². The average molecular weight is 475 g/mol. The highest BCUT2D eigenvalue weighted by atomic mass is 32.2. The van der Waals surface area contributed by atoms with Crippen LogP contribution in [0.15, 0.2) is 18.2 Å². The van der Waals surface area contributed by atoms with E-state index < -0.39 is 16.3 Å². The predicted octanol–water partition coefficient (Wildman–Crippen LogP) is 2.58. The van der Waals surface area contributed by atoms with Crippen molar-refractivity contribution in [1.82, 2.24) is 9.03 Å². The number of ether oxygens (including phenoxy) is 5. The standard InChI is InChI=1S/C21H34N2O8S/c1-4-12-23(32(25,26)22-11-6-13-27-2)21(24)31-20-18(29-15-14-28-3)7-5-8-19(20)30-16-17-9-10-17/h5,7-8,17,22H,4,6,9-16H2,1-3H3. The summed E-state index contributed by atoms with van der Waals surface area (Å²) in [6.07, 6.45) is 2.04. The lowest BCUT2D eigenvalue weighted by atomic mass is 10.3. The average Bonchev–Trinajstić information content (AvgIpc) is 3.59. The third-order valence-corrected chi connectivity index (χ3v) is 6.06. The second kappa shape index (κ2) is 13.5. The largest absolute Gasteiger partial charge is 0.489 e. The SMILES string of the molecule is CCCN(C(=O)Oc1c(OCCOC)cccc1OCC1CC1)S(=O)(=O)NCCCOC. The first-order valence-corrected chi connectivity index (χ1v) is 12.2. The van der Waals surface area contributed by atoms with E-state index >= 15 is 0 Å². The second-order valence-electron chi connectivity index (χ2n) is 7.36. The van der Waals surface area contributed by atoms with Gasteiger partial charge in [0.1, 0.15) is 6.61 Å². The molecule has 1 aliphatic carbocycles. The normalized spacial score (nSPS) is 13.6. The summed E-state index contributed by atoms with van der Waals surface area (Å²) < 4.78 is 55.5. The van der Waals surface area contributed by atoms with Gasteiger partial charge in [0.25, 0.3) is 0 Å². The molecule has 1 aromatic rings. The minimum atomic E-state index is -4.10. The molecule has 2 rings (SSSR count). The molecule has 0 unspecified atom stereocenters. The third-order valence-electron chi connectivity index (χ3n) is 4.58. The summed E-state index contributed by atoms with van der Waals surface area (Å²) in [5, 5.41) is 0. The van der Waals surface area contributed by atoms with Crippen molar-refractivity contribution < 1.29 is 36.9 Å². The number of benzene rings is 1. The molecule has 0 spiro atoms. The highest BCUT2D eigenvalue weighted by Gasteiger charge is 2.30. The molecule has 0 atom stereocenters. The lowest BCUT2D eigenvalue weighted by molar-refractivity contribution is 0.141. The van der Waals surface area contributed by atoms with Crippen LogP contribution < -0.4 is 18.9 Å². The Kier molecular flexibility index (Phi) is 11.0. The van der Waals surface area contributed by atoms with E-state index in [-0.39, 0.29) is 31.2 Å². The number of hydrogen-bond donors (Lipinski definition) is 1. The molecule has 0 bridgehead atoms. The molecule has 1 fully saturated rings. The van der Waals surface area contributed by atoms with Gasteiger partial charge in [0.05, 0.1) is 13.2 Å². The van der Waals surface area contributed by atoms with Crippen LogP contribution in [0.5, 0.6) is 17.2 Å². The molecule has 11 heteroatoms. The zero-order valence-corrected chi connectivity index (χ0v) is 19.8. The quantitative estimate of drug-likeness (QED) is 0.364. The highest BCUT2D eigenvalue weighted by Crippen LogP contribution is 2.39. The summed E-state index contributed by atoms with van der Waals surface area (Å²) in [7, 11) is -1.01. The Morgan fingerprint density at radius 2 is 1.78 bits per heavy atom. The van der Waals surface area contributed by atoms with Gasteiger partial charge in [-0.05, 0) is 43.7 Å². The van der Waals surface area contributed by atoms with Crippen LogP contribution in [0.4, 0.5) is 4.79 Å². The van der Waals surface area contributed by atoms with E-state index in [0.717, 1.165) is 12.8 Å². The number of carbonyl (C=O) groups is 1. The molecule has 182 valence electrons. The molecule has 0 aliphatic heterocycles. The third kappa shape index (κ3) is 8.45. The summed E-state index contributed by atoms with van der Waals surface area (Å²) >= 11 is 0. The van der Waals surface area contributed by atoms with Gasteiger partial charge in [-0.15, -0.1) is 0 Å². The van der Waals surface area contributed by atoms with Gasteiger partial charge < -0.3 is 23.7 Å². The number of nitrogens with zero attached hydrogens (tertiary/aromatic N) is 1. The van der Waals surface area contributed by atoms with E-state index in [1.54, 1.807) is 32.2 Å². The Morgan fingerprint density at radius 3 is 2.41 bits per heavy atom. The maximum absolute atomic E-state index is 12.9. The van der Waals surface area contributed by atoms with Gasteiger partial charge in [-0.1, -0.05) is 13.0 Å². The Balaban J connectivity index is 2.19. The Labute approximate surface area is 190 Å². The Hall–Kier alpha value is -2.08. The molecule has 0 saturated heterocycles. The summed E-state index contributed by atoms with van der Waals surface area (Å²) in [5.41, 5.74) is 0. The van der Waals surface area contributed by atoms with Crippen LogP contribution >= 0.6 is 0 Å². The summed E-state index contributed by atoms with van der Waals surface area (Å²) in [5.74, 6) is 1.11. The first-order chi connectivity index (χ1) is 15.4. The van der Waals surface area contributed by atoms with Crippen molar-refractivity contribution in [3.05, 3.63) is 18.2 Å². The van der Waals surface area contributed by atoms with E-state index in [1.165, 1.54) is 7.11 Å². The number of methoxy groups -OCH3 is 2. The molecule has 0 radical (unpaired) electrons. The maximum Gasteiger partial charge on any atom is 0.430 e. The van der Waals surface area contributed by atoms with Crippen molar-refractivity contribution in [2.24, 2.45) is 5.92 Å². The first-order valence-electron chi connectivity index (χ1n) is 10.8. The number of carbonyl (C=O) groups excluding carboxylic acids is 1. The van der Waals surface area contributed by atoms with Crippen LogP contribution in [0.2, 0.25) is 0 Å². The molecular weight excluding hydrogens is 440 g/mol. The highest BCUT2D eigenvalue weighted by molar-refractivity contribution is 7.87. The number of hydrogen-bond acceptors (Lipinski definition) is 8. The van der Waals surface area contributed by atoms with Crippen LogP contribution in [-0.2, 0) is 19.7 Å². The zero-order chi connectivity index (χ0) is 23.4. The van der Waals surface area contributed by atoms with Crippen molar-refractivity contribution in [2.45, 2.75) is 32.6 Å². The molecule has 0 aromatic heterocycles. The van der Waals surface area contributed by atoms with Crippen molar-refractivity contribution >= 4 is 16.3 Å². The molecule has 0 heterocycles. The van der Waals surface area contributed by atoms with Gasteiger partial charge in [0.15, 0.2) is 11.5 Å². The van der Waals surface area contributed by atoms with Crippen LogP contribution in [0.3, 0.4) is 0 Å². The van der Waals surface area contributed by atoms with Crippen LogP contribution in [0.25, 0.3) is 0 Å². The fourth-order valence-electron chi connectivity index (χ4n) is 2.70. The van der Waals surface area contributed by atoms with Crippen molar-refractivity contribution in [3.8, 4) is 17.2 Å². The monoisotopic (exact) mass is 474 g/mol. The number of para-hydroxylation sites is 1. The minimum Gasteiger partial charge on any atom is -0.489 e. The van der Waals surface area contributed by atoms with E-state index in [9.17, 15) is 13.2 Å². The lowest BCUT2D eigenvalue weighted by Gasteiger charge is -2.23. The maximum atomic E-state index is 12.9. The van der Waals surface area contributed by atoms with E-state index in [4.69, 9.17) is 23.7 Å². The molecule has 1 saturated carbocycles. The fourth-order valence-corrected chi connectivity index (χ4v) is 3.91. The van der Waals surface area contributed by atoms with Gasteiger partial charge in [-0.3, -0.25) is 0 Å². The predicted molar refractivity (Wildman–Crippen MR) is 118 cm³/mol. The second-order valence-corrected chi connectivity index (χ2v) is 9.04. The number of nitrogens with one attached hydrogen (secondary N) is 1. The van der Waals surface area contributed by atoms with Crippen LogP contribution in [0, 0.1) is 5.92 Å². The molecule has 32 heavy (non-hydrogen) atoms. The topological polar surface area (TPSA) is 113 Å². The first kappa shape index (κ1) is 26.2. The zero-order valence-electron chi connectivity index (χ0n) is 19.0.